The molecule has 0 aliphatic heterocycles. The molecule has 0 fully saturated rings. The SMILES string of the molecule is N#Cc1ccc(Cn2cc(CO)nn2)cc1. The van der Waals surface area contributed by atoms with Gasteiger partial charge in [0.15, 0.2) is 0 Å². The van der Waals surface area contributed by atoms with Gasteiger partial charge in [0.2, 0.25) is 0 Å². The fraction of sp³-hybridized carbons (Fsp3) is 0.182. The topological polar surface area (TPSA) is 74.7 Å². The molecular formula is C11H10N4O. The van der Waals surface area contributed by atoms with Gasteiger partial charge in [-0.15, -0.1) is 5.10 Å². The molecule has 2 rings (SSSR count). The van der Waals surface area contributed by atoms with Crippen molar-refractivity contribution in [1.29, 1.82) is 5.26 Å². The summed E-state index contributed by atoms with van der Waals surface area (Å²) in [6.45, 7) is 0.478. The number of benzene rings is 1. The Kier molecular flexibility index (Phi) is 2.94. The average molecular weight is 214 g/mol. The van der Waals surface area contributed by atoms with Gasteiger partial charge in [-0.1, -0.05) is 17.3 Å². The van der Waals surface area contributed by atoms with E-state index < -0.39 is 0 Å². The summed E-state index contributed by atoms with van der Waals surface area (Å²) in [6, 6.07) is 9.34. The number of aliphatic hydroxyl groups is 1. The minimum absolute atomic E-state index is 0.104. The first-order valence-corrected chi connectivity index (χ1v) is 4.81. The van der Waals surface area contributed by atoms with Crippen molar-refractivity contribution in [3.63, 3.8) is 0 Å². The molecule has 0 saturated heterocycles. The number of rotatable bonds is 3. The number of aliphatic hydroxyl groups excluding tert-OH is 1. The monoisotopic (exact) mass is 214 g/mol. The predicted molar refractivity (Wildman–Crippen MR) is 56.2 cm³/mol. The molecule has 16 heavy (non-hydrogen) atoms. The highest BCUT2D eigenvalue weighted by Crippen LogP contribution is 2.05. The van der Waals surface area contributed by atoms with Crippen molar-refractivity contribution in [3.8, 4) is 6.07 Å². The summed E-state index contributed by atoms with van der Waals surface area (Å²) in [7, 11) is 0. The molecule has 0 spiro atoms. The number of nitrogens with zero attached hydrogens (tertiary/aromatic N) is 4. The summed E-state index contributed by atoms with van der Waals surface area (Å²) in [6.07, 6.45) is 1.69. The van der Waals surface area contributed by atoms with Crippen LogP contribution >= 0.6 is 0 Å². The highest BCUT2D eigenvalue weighted by Gasteiger charge is 2.00. The van der Waals surface area contributed by atoms with Crippen LogP contribution in [0.3, 0.4) is 0 Å². The maximum atomic E-state index is 8.83. The summed E-state index contributed by atoms with van der Waals surface area (Å²) >= 11 is 0. The van der Waals surface area contributed by atoms with Crippen molar-refractivity contribution < 1.29 is 5.11 Å². The molecule has 1 aromatic carbocycles. The van der Waals surface area contributed by atoms with E-state index in [1.165, 1.54) is 0 Å². The molecule has 1 aromatic heterocycles. The Labute approximate surface area is 92.6 Å². The maximum Gasteiger partial charge on any atom is 0.108 e. The number of aromatic nitrogens is 3. The van der Waals surface area contributed by atoms with E-state index in [4.69, 9.17) is 10.4 Å². The zero-order valence-corrected chi connectivity index (χ0v) is 8.54. The lowest BCUT2D eigenvalue weighted by atomic mass is 10.1. The molecule has 0 aliphatic rings. The molecule has 1 N–H and O–H groups in total. The molecule has 0 saturated carbocycles. The minimum atomic E-state index is -0.104. The van der Waals surface area contributed by atoms with Gasteiger partial charge in [-0.3, -0.25) is 0 Å². The van der Waals surface area contributed by atoms with Crippen molar-refractivity contribution >= 4 is 0 Å². The smallest absolute Gasteiger partial charge is 0.108 e. The van der Waals surface area contributed by atoms with E-state index >= 15 is 0 Å². The molecular weight excluding hydrogens is 204 g/mol. The van der Waals surface area contributed by atoms with E-state index in [1.54, 1.807) is 23.0 Å². The second-order valence-electron chi connectivity index (χ2n) is 3.37. The first kappa shape index (κ1) is 10.3. The third-order valence-electron chi connectivity index (χ3n) is 2.18. The molecule has 0 aliphatic carbocycles. The Morgan fingerprint density at radius 3 is 2.62 bits per heavy atom. The Morgan fingerprint density at radius 2 is 2.06 bits per heavy atom. The third kappa shape index (κ3) is 2.24. The highest BCUT2D eigenvalue weighted by molar-refractivity contribution is 5.31. The number of hydrogen-bond acceptors (Lipinski definition) is 4. The number of nitriles is 1. The lowest BCUT2D eigenvalue weighted by Crippen LogP contribution is -2.00. The Morgan fingerprint density at radius 1 is 1.31 bits per heavy atom. The van der Waals surface area contributed by atoms with E-state index in [0.717, 1.165) is 5.56 Å². The van der Waals surface area contributed by atoms with Crippen LogP contribution in [-0.2, 0) is 13.2 Å². The largest absolute Gasteiger partial charge is 0.390 e. The van der Waals surface area contributed by atoms with Gasteiger partial charge >= 0.3 is 0 Å². The standard InChI is InChI=1S/C11H10N4O/c12-5-9-1-3-10(4-2-9)6-15-7-11(8-16)13-14-15/h1-4,7,16H,6,8H2. The van der Waals surface area contributed by atoms with Crippen LogP contribution in [0.4, 0.5) is 0 Å². The minimum Gasteiger partial charge on any atom is -0.390 e. The average Bonchev–Trinajstić information content (AvgIpc) is 2.78. The summed E-state index contributed by atoms with van der Waals surface area (Å²) in [4.78, 5) is 0. The molecule has 0 radical (unpaired) electrons. The van der Waals surface area contributed by atoms with E-state index in [2.05, 4.69) is 16.4 Å². The second-order valence-corrected chi connectivity index (χ2v) is 3.37. The van der Waals surface area contributed by atoms with Crippen molar-refractivity contribution in [2.24, 2.45) is 0 Å². The molecule has 5 nitrogen and oxygen atoms in total. The van der Waals surface area contributed by atoms with Crippen LogP contribution in [0.2, 0.25) is 0 Å². The Hall–Kier alpha value is -2.19. The first-order valence-electron chi connectivity index (χ1n) is 4.81. The van der Waals surface area contributed by atoms with Crippen LogP contribution in [0, 0.1) is 11.3 Å². The van der Waals surface area contributed by atoms with Crippen molar-refractivity contribution in [1.82, 2.24) is 15.0 Å². The van der Waals surface area contributed by atoms with Crippen LogP contribution < -0.4 is 0 Å². The van der Waals surface area contributed by atoms with E-state index in [-0.39, 0.29) is 6.61 Å². The molecule has 0 unspecified atom stereocenters. The first-order chi connectivity index (χ1) is 7.81. The summed E-state index contributed by atoms with van der Waals surface area (Å²) in [5.41, 5.74) is 2.22. The lowest BCUT2D eigenvalue weighted by molar-refractivity contribution is 0.276. The predicted octanol–water partition coefficient (Wildman–Crippen LogP) is 0.690. The second kappa shape index (κ2) is 4.55. The van der Waals surface area contributed by atoms with Gasteiger partial charge in [-0.2, -0.15) is 5.26 Å². The van der Waals surface area contributed by atoms with Gasteiger partial charge in [0.1, 0.15) is 5.69 Å². The fourth-order valence-electron chi connectivity index (χ4n) is 1.36. The molecule has 0 amide bonds. The van der Waals surface area contributed by atoms with Gasteiger partial charge in [-0.25, -0.2) is 4.68 Å². The van der Waals surface area contributed by atoms with Crippen LogP contribution in [0.1, 0.15) is 16.8 Å². The van der Waals surface area contributed by atoms with Gasteiger partial charge in [0.05, 0.1) is 31.0 Å². The molecule has 0 atom stereocenters. The highest BCUT2D eigenvalue weighted by atomic mass is 16.3. The normalized spacial score (nSPS) is 10.0. The zero-order chi connectivity index (χ0) is 11.4. The Balaban J connectivity index is 2.11. The van der Waals surface area contributed by atoms with Crippen LogP contribution in [0.15, 0.2) is 30.5 Å². The molecule has 80 valence electrons. The van der Waals surface area contributed by atoms with Crippen LogP contribution in [0.5, 0.6) is 0 Å². The quantitative estimate of drug-likeness (QED) is 0.815. The van der Waals surface area contributed by atoms with Crippen LogP contribution in [-0.4, -0.2) is 20.1 Å². The molecule has 2 aromatic rings. The van der Waals surface area contributed by atoms with Crippen molar-refractivity contribution in [3.05, 3.63) is 47.3 Å². The summed E-state index contributed by atoms with van der Waals surface area (Å²) in [5.74, 6) is 0. The van der Waals surface area contributed by atoms with E-state index in [0.29, 0.717) is 17.8 Å². The Bertz CT molecular complexity index is 510. The molecule has 5 heteroatoms. The van der Waals surface area contributed by atoms with Gasteiger partial charge in [-0.05, 0) is 17.7 Å². The summed E-state index contributed by atoms with van der Waals surface area (Å²) in [5, 5.41) is 25.1. The van der Waals surface area contributed by atoms with Gasteiger partial charge < -0.3 is 5.11 Å². The van der Waals surface area contributed by atoms with E-state index in [1.807, 2.05) is 12.1 Å². The third-order valence-corrected chi connectivity index (χ3v) is 2.18. The fourth-order valence-corrected chi connectivity index (χ4v) is 1.36. The van der Waals surface area contributed by atoms with Crippen LogP contribution in [0.25, 0.3) is 0 Å². The molecule has 1 heterocycles. The maximum absolute atomic E-state index is 8.83. The van der Waals surface area contributed by atoms with E-state index in [9.17, 15) is 0 Å². The zero-order valence-electron chi connectivity index (χ0n) is 8.54. The van der Waals surface area contributed by atoms with Gasteiger partial charge in [0, 0.05) is 0 Å². The van der Waals surface area contributed by atoms with Crippen molar-refractivity contribution in [2.45, 2.75) is 13.2 Å². The molecule has 0 bridgehead atoms. The van der Waals surface area contributed by atoms with Gasteiger partial charge in [0.25, 0.3) is 0 Å². The number of hydrogen-bond donors (Lipinski definition) is 1. The lowest BCUT2D eigenvalue weighted by Gasteiger charge is -2.00. The summed E-state index contributed by atoms with van der Waals surface area (Å²) < 4.78 is 1.65. The van der Waals surface area contributed by atoms with Crippen molar-refractivity contribution in [2.75, 3.05) is 0 Å².